The predicted molar refractivity (Wildman–Crippen MR) is 440 cm³/mol. The molecule has 10 bridgehead atoms. The van der Waals surface area contributed by atoms with E-state index in [2.05, 4.69) is 28.4 Å². The molecule has 40 heteroatoms. The SMILES string of the molecule is CC(F)(F)C(=O)OCC12CC3CC(CC(O)(C3)C1)C2.CC(F)(F)C(=O)OCC1C2CCC(CC2)C1CO.CC(F)(F)C(=O)OCC1CC2CC(O)C1C2.CC(F)(F)C(=O)OCC1CC2CC1CC2O.CC(F)(F)C(=O)OCC1CCC(CO)CC1.CC(F)(F)C(=O)OCC1CCCC(CO)C1.CC(F)(F)C(=O)OCC1CCCC(O)C1.CC(F)(F)C(=O)OCC1CCCCC1CO. The fourth-order valence-corrected chi connectivity index (χ4v) is 22.0. The summed E-state index contributed by atoms with van der Waals surface area (Å²) in [4.78, 5) is 87.3. The minimum atomic E-state index is -3.43. The second-order valence-corrected chi connectivity index (χ2v) is 40.7. The van der Waals surface area contributed by atoms with Gasteiger partial charge in [-0.2, -0.15) is 70.2 Å². The van der Waals surface area contributed by atoms with Gasteiger partial charge in [-0.3, -0.25) is 0 Å². The van der Waals surface area contributed by atoms with Crippen molar-refractivity contribution in [1.82, 2.24) is 0 Å². The van der Waals surface area contributed by atoms with Crippen LogP contribution < -0.4 is 0 Å². The monoisotopic (exact) mass is 1930 g/mol. The highest BCUT2D eigenvalue weighted by molar-refractivity contribution is 5.79. The van der Waals surface area contributed by atoms with Crippen molar-refractivity contribution in [3.05, 3.63) is 0 Å². The highest BCUT2D eigenvalue weighted by Gasteiger charge is 2.59. The molecule has 0 saturated heterocycles. The first-order valence-electron chi connectivity index (χ1n) is 46.7. The van der Waals surface area contributed by atoms with Crippen LogP contribution in [0.2, 0.25) is 0 Å². The van der Waals surface area contributed by atoms with Gasteiger partial charge in [0.2, 0.25) is 0 Å². The van der Waals surface area contributed by atoms with Gasteiger partial charge in [0.25, 0.3) is 0 Å². The Morgan fingerprint density at radius 2 is 0.674 bits per heavy atom. The quantitative estimate of drug-likeness (QED) is 0.0205. The third kappa shape index (κ3) is 37.6. The normalized spacial score (nSPS) is 33.2. The summed E-state index contributed by atoms with van der Waals surface area (Å²) in [5.41, 5.74) is -0.912. The lowest BCUT2D eigenvalue weighted by molar-refractivity contribution is -0.197. The number of hydrogen-bond acceptors (Lipinski definition) is 24. The van der Waals surface area contributed by atoms with E-state index in [4.69, 9.17) is 24.8 Å². The predicted octanol–water partition coefficient (Wildman–Crippen LogP) is 15.6. The number of carbonyl (C=O) groups is 8. The fourth-order valence-electron chi connectivity index (χ4n) is 22.0. The average molecular weight is 1940 g/mol. The summed E-state index contributed by atoms with van der Waals surface area (Å²) in [6.07, 6.45) is 27.2. The Hall–Kier alpha value is -5.68. The summed E-state index contributed by atoms with van der Waals surface area (Å²) >= 11 is 0. The van der Waals surface area contributed by atoms with Gasteiger partial charge in [-0.05, 0) is 286 Å². The van der Waals surface area contributed by atoms with Crippen LogP contribution in [0.15, 0.2) is 0 Å². The molecular formula is C92H142F16O24. The number of esters is 8. The molecule has 0 aromatic carbocycles. The fraction of sp³-hybridized carbons (Fsp3) is 0.913. The maximum Gasteiger partial charge on any atom is 0.376 e. The van der Waals surface area contributed by atoms with Gasteiger partial charge in [0.15, 0.2) is 0 Å². The number of fused-ring (bicyclic) bond motifs is 7. The Kier molecular flexibility index (Phi) is 43.8. The van der Waals surface area contributed by atoms with Crippen LogP contribution in [0.25, 0.3) is 0 Å². The van der Waals surface area contributed by atoms with Crippen LogP contribution in [-0.4, -0.2) is 239 Å². The van der Waals surface area contributed by atoms with E-state index in [0.29, 0.717) is 110 Å². The molecule has 18 unspecified atom stereocenters. The first-order valence-corrected chi connectivity index (χ1v) is 46.7. The molecule has 0 radical (unpaired) electrons. The molecule has 15 aliphatic rings. The average Bonchev–Trinajstić information content (AvgIpc) is 0.806. The number of alkyl halides is 16. The molecule has 0 heterocycles. The third-order valence-corrected chi connectivity index (χ3v) is 28.7. The summed E-state index contributed by atoms with van der Waals surface area (Å²) < 4.78 is 238. The Labute approximate surface area is 761 Å². The van der Waals surface area contributed by atoms with E-state index in [1.54, 1.807) is 0 Å². The van der Waals surface area contributed by atoms with Crippen LogP contribution >= 0.6 is 0 Å². The van der Waals surface area contributed by atoms with E-state index in [9.17, 15) is 134 Å². The van der Waals surface area contributed by atoms with Crippen LogP contribution in [-0.2, 0) is 76.3 Å². The van der Waals surface area contributed by atoms with Crippen molar-refractivity contribution in [3.8, 4) is 0 Å². The first kappa shape index (κ1) is 115. The lowest BCUT2D eigenvalue weighted by Gasteiger charge is -2.59. The lowest BCUT2D eigenvalue weighted by Crippen LogP contribution is -2.57. The van der Waals surface area contributed by atoms with Crippen LogP contribution in [0.3, 0.4) is 0 Å². The molecule has 24 nitrogen and oxygen atoms in total. The summed E-state index contributed by atoms with van der Waals surface area (Å²) in [7, 11) is 0. The lowest BCUT2D eigenvalue weighted by atomic mass is 9.48. The standard InChI is InChI=1S/C14H20F2O3.C13H20F2O3.2C11H16F2O3.3C11H18F2O3.C10H16F2O3/c1-12(15,16)11(17)19-8-13-3-9-2-10(4-13)6-14(18,5-9)7-13;1-13(14,15)12(17)18-7-11-9-4-2-8(3-5-9)10(11)6-16;1-11(12,13)10(15)16-5-8-3-7-2-6(8)4-9(7)14;1-11(12,13)10(15)16-5-7-2-6-3-8(7)9(14)4-6;1-11(12,13)10(15)16-7-9-4-2-8(6-14)3-5-9;1-11(12,13)10(15)16-7-9-4-2-3-8(5-9)6-14;1-11(12,13)10(15)16-7-9-5-3-2-4-8(9)6-14;1-10(11,12)9(14)15-6-7-3-2-4-8(13)5-7/h9-10,18H,2-8H2,1H3;8-11,16H,2-7H2,1H3;2*6-9,14H,2-5H2,1H3;3*8-9,14H,2-7H2,1H3;7-8,13H,2-6H2,1H3. The minimum absolute atomic E-state index is 0.00646. The second-order valence-electron chi connectivity index (χ2n) is 40.7. The van der Waals surface area contributed by atoms with Crippen molar-refractivity contribution in [3.63, 3.8) is 0 Å². The maximum absolute atomic E-state index is 12.8. The van der Waals surface area contributed by atoms with Gasteiger partial charge >= 0.3 is 95.1 Å². The zero-order chi connectivity index (χ0) is 99.1. The van der Waals surface area contributed by atoms with Crippen molar-refractivity contribution < 1.29 is 187 Å². The van der Waals surface area contributed by atoms with Gasteiger partial charge in [-0.1, -0.05) is 25.7 Å². The van der Waals surface area contributed by atoms with Gasteiger partial charge in [0.05, 0.1) is 76.8 Å². The van der Waals surface area contributed by atoms with Crippen LogP contribution in [0.5, 0.6) is 0 Å². The number of ether oxygens (including phenoxy) is 8. The van der Waals surface area contributed by atoms with Crippen molar-refractivity contribution in [1.29, 1.82) is 0 Å². The van der Waals surface area contributed by atoms with Crippen LogP contribution in [0, 0.1) is 118 Å². The number of aliphatic hydroxyl groups is 8. The Morgan fingerprint density at radius 1 is 0.288 bits per heavy atom. The van der Waals surface area contributed by atoms with Gasteiger partial charge in [-0.15, -0.1) is 0 Å². The van der Waals surface area contributed by atoms with E-state index in [0.717, 1.165) is 193 Å². The summed E-state index contributed by atoms with van der Waals surface area (Å²) in [5, 5.41) is 75.4. The van der Waals surface area contributed by atoms with E-state index < -0.39 is 101 Å². The molecule has 15 aliphatic carbocycles. The molecule has 0 spiro atoms. The molecule has 15 fully saturated rings. The Balaban J connectivity index is 0.000000232. The highest BCUT2D eigenvalue weighted by Crippen LogP contribution is 2.62. The molecule has 15 saturated carbocycles. The summed E-state index contributed by atoms with van der Waals surface area (Å²) in [6, 6.07) is 0. The first-order chi connectivity index (χ1) is 61.1. The van der Waals surface area contributed by atoms with Crippen molar-refractivity contribution in [2.45, 2.75) is 332 Å². The molecule has 0 amide bonds. The zero-order valence-corrected chi connectivity index (χ0v) is 77.0. The van der Waals surface area contributed by atoms with Crippen molar-refractivity contribution >= 4 is 47.8 Å². The topological polar surface area (TPSA) is 372 Å². The largest absolute Gasteiger partial charge is 0.461 e. The zero-order valence-electron chi connectivity index (χ0n) is 77.0. The summed E-state index contributed by atoms with van der Waals surface area (Å²) in [5.74, 6) is -34.7. The summed E-state index contributed by atoms with van der Waals surface area (Å²) in [6.45, 7) is 4.92. The highest BCUT2D eigenvalue weighted by atomic mass is 19.3. The molecule has 132 heavy (non-hydrogen) atoms. The van der Waals surface area contributed by atoms with Gasteiger partial charge < -0.3 is 78.7 Å². The van der Waals surface area contributed by atoms with Gasteiger partial charge in [0.1, 0.15) is 0 Å². The minimum Gasteiger partial charge on any atom is -0.461 e. The number of aliphatic hydroxyl groups excluding tert-OH is 7. The molecule has 766 valence electrons. The van der Waals surface area contributed by atoms with Gasteiger partial charge in [-0.25, -0.2) is 38.4 Å². The molecule has 0 aromatic rings. The second kappa shape index (κ2) is 50.3. The number of carbonyl (C=O) groups excluding carboxylic acids is 8. The maximum atomic E-state index is 12.8. The molecular weight excluding hydrogens is 1790 g/mol. The van der Waals surface area contributed by atoms with Crippen molar-refractivity contribution in [2.24, 2.45) is 118 Å². The smallest absolute Gasteiger partial charge is 0.376 e. The molecule has 15 rings (SSSR count). The van der Waals surface area contributed by atoms with E-state index in [-0.39, 0.29) is 174 Å². The van der Waals surface area contributed by atoms with Gasteiger partial charge in [0, 0.05) is 93.2 Å². The van der Waals surface area contributed by atoms with E-state index >= 15 is 0 Å². The van der Waals surface area contributed by atoms with Crippen LogP contribution in [0.4, 0.5) is 70.2 Å². The van der Waals surface area contributed by atoms with E-state index in [1.807, 2.05) is 0 Å². The van der Waals surface area contributed by atoms with Crippen LogP contribution in [0.1, 0.15) is 261 Å². The Bertz CT molecular complexity index is 3520. The molecule has 8 N–H and O–H groups in total. The molecule has 0 aromatic heterocycles. The van der Waals surface area contributed by atoms with Crippen molar-refractivity contribution in [2.75, 3.05) is 79.3 Å². The van der Waals surface area contributed by atoms with E-state index in [1.165, 1.54) is 0 Å². The number of rotatable bonds is 28. The number of halogens is 16. The Morgan fingerprint density at radius 3 is 1.07 bits per heavy atom. The molecule has 0 aliphatic heterocycles. The molecule has 18 atom stereocenters. The number of hydrogen-bond donors (Lipinski definition) is 8. The third-order valence-electron chi connectivity index (χ3n) is 28.7.